The number of rotatable bonds is 5. The van der Waals surface area contributed by atoms with E-state index in [0.717, 1.165) is 11.3 Å². The van der Waals surface area contributed by atoms with Crippen LogP contribution in [0.5, 0.6) is 0 Å². The lowest BCUT2D eigenvalue weighted by molar-refractivity contribution is -0.384. The molecule has 0 amide bonds. The van der Waals surface area contributed by atoms with Crippen LogP contribution in [-0.4, -0.2) is 16.1 Å². The fraction of sp³-hybridized carbons (Fsp3) is 0. The topological polar surface area (TPSA) is 111 Å². The highest BCUT2D eigenvalue weighted by atomic mass is 32.1. The molecule has 1 heterocycles. The third-order valence-electron chi connectivity index (χ3n) is 2.23. The Bertz CT molecular complexity index is 683. The van der Waals surface area contributed by atoms with Crippen LogP contribution < -0.4 is 5.43 Å². The van der Waals surface area contributed by atoms with Crippen LogP contribution in [0.1, 0.15) is 4.88 Å². The zero-order chi connectivity index (χ0) is 14.5. The molecule has 0 radical (unpaired) electrons. The summed E-state index contributed by atoms with van der Waals surface area (Å²) in [6.07, 6.45) is 1.41. The SMILES string of the molecule is O=[N+]([O-])c1cccc(N/N=C\c2ccc([N+](=O)[O-])s2)c1. The van der Waals surface area contributed by atoms with Crippen LogP contribution in [0.15, 0.2) is 41.5 Å². The van der Waals surface area contributed by atoms with E-state index >= 15 is 0 Å². The zero-order valence-electron chi connectivity index (χ0n) is 9.92. The average molecular weight is 292 g/mol. The number of anilines is 1. The number of nitro benzene ring substituents is 1. The number of nitro groups is 2. The molecular weight excluding hydrogens is 284 g/mol. The average Bonchev–Trinajstić information content (AvgIpc) is 2.88. The smallest absolute Gasteiger partial charge is 0.278 e. The number of non-ortho nitro benzene ring substituents is 1. The van der Waals surface area contributed by atoms with Gasteiger partial charge in [-0.25, -0.2) is 0 Å². The molecule has 0 unspecified atom stereocenters. The molecule has 1 aromatic carbocycles. The Morgan fingerprint density at radius 2 is 1.95 bits per heavy atom. The summed E-state index contributed by atoms with van der Waals surface area (Å²) in [5.41, 5.74) is 3.04. The summed E-state index contributed by atoms with van der Waals surface area (Å²) in [6, 6.07) is 8.83. The van der Waals surface area contributed by atoms with E-state index in [-0.39, 0.29) is 10.7 Å². The minimum absolute atomic E-state index is 0.0294. The molecule has 8 nitrogen and oxygen atoms in total. The zero-order valence-corrected chi connectivity index (χ0v) is 10.7. The van der Waals surface area contributed by atoms with Crippen molar-refractivity contribution >= 4 is 33.9 Å². The molecular formula is C11H8N4O4S. The third-order valence-corrected chi connectivity index (χ3v) is 3.21. The molecule has 0 aliphatic heterocycles. The molecule has 0 aliphatic rings. The molecule has 1 aromatic heterocycles. The second-order valence-electron chi connectivity index (χ2n) is 3.61. The van der Waals surface area contributed by atoms with E-state index < -0.39 is 9.85 Å². The summed E-state index contributed by atoms with van der Waals surface area (Å²) in [5, 5.41) is 25.0. The second-order valence-corrected chi connectivity index (χ2v) is 4.70. The Labute approximate surface area is 116 Å². The number of benzene rings is 1. The van der Waals surface area contributed by atoms with E-state index in [9.17, 15) is 20.2 Å². The molecule has 1 N–H and O–H groups in total. The van der Waals surface area contributed by atoms with Gasteiger partial charge in [0.1, 0.15) is 0 Å². The summed E-state index contributed by atoms with van der Waals surface area (Å²) < 4.78 is 0. The minimum atomic E-state index is -0.502. The molecule has 0 bridgehead atoms. The molecule has 102 valence electrons. The first-order valence-electron chi connectivity index (χ1n) is 5.34. The van der Waals surface area contributed by atoms with Crippen molar-refractivity contribution in [3.8, 4) is 0 Å². The first-order valence-corrected chi connectivity index (χ1v) is 6.15. The maximum atomic E-state index is 10.6. The molecule has 2 aromatic rings. The molecule has 0 aliphatic carbocycles. The first kappa shape index (κ1) is 13.6. The van der Waals surface area contributed by atoms with Crippen LogP contribution in [0.4, 0.5) is 16.4 Å². The van der Waals surface area contributed by atoms with Crippen molar-refractivity contribution in [1.82, 2.24) is 0 Å². The van der Waals surface area contributed by atoms with E-state index in [1.165, 1.54) is 30.5 Å². The van der Waals surface area contributed by atoms with E-state index in [0.29, 0.717) is 10.6 Å². The molecule has 9 heteroatoms. The van der Waals surface area contributed by atoms with Gasteiger partial charge in [-0.15, -0.1) is 0 Å². The summed E-state index contributed by atoms with van der Waals surface area (Å²) in [6.45, 7) is 0. The highest BCUT2D eigenvalue weighted by molar-refractivity contribution is 7.16. The van der Waals surface area contributed by atoms with Crippen LogP contribution in [0.3, 0.4) is 0 Å². The lowest BCUT2D eigenvalue weighted by Gasteiger charge is -1.98. The molecule has 20 heavy (non-hydrogen) atoms. The van der Waals surface area contributed by atoms with Gasteiger partial charge in [-0.1, -0.05) is 17.4 Å². The van der Waals surface area contributed by atoms with Crippen LogP contribution in [0.2, 0.25) is 0 Å². The lowest BCUT2D eigenvalue weighted by atomic mass is 10.3. The van der Waals surface area contributed by atoms with Gasteiger partial charge in [0.2, 0.25) is 0 Å². The van der Waals surface area contributed by atoms with Gasteiger partial charge in [0.05, 0.1) is 26.6 Å². The van der Waals surface area contributed by atoms with Gasteiger partial charge >= 0.3 is 5.00 Å². The Morgan fingerprint density at radius 3 is 2.60 bits per heavy atom. The number of thiophene rings is 1. The lowest BCUT2D eigenvalue weighted by Crippen LogP contribution is -1.92. The Hall–Kier alpha value is -2.81. The Balaban J connectivity index is 2.04. The Kier molecular flexibility index (Phi) is 4.01. The van der Waals surface area contributed by atoms with Crippen LogP contribution in [0.25, 0.3) is 0 Å². The van der Waals surface area contributed by atoms with Crippen molar-refractivity contribution in [2.45, 2.75) is 0 Å². The number of nitrogens with one attached hydrogen (secondary N) is 1. The fourth-order valence-electron chi connectivity index (χ4n) is 1.37. The monoisotopic (exact) mass is 292 g/mol. The highest BCUT2D eigenvalue weighted by Crippen LogP contribution is 2.22. The van der Waals surface area contributed by atoms with Gasteiger partial charge in [-0.3, -0.25) is 25.7 Å². The Morgan fingerprint density at radius 1 is 1.15 bits per heavy atom. The van der Waals surface area contributed by atoms with Gasteiger partial charge in [0.25, 0.3) is 5.69 Å². The maximum absolute atomic E-state index is 10.6. The summed E-state index contributed by atoms with van der Waals surface area (Å²) >= 11 is 0.988. The first-order chi connectivity index (χ1) is 9.56. The van der Waals surface area contributed by atoms with Crippen LogP contribution >= 0.6 is 11.3 Å². The summed E-state index contributed by atoms with van der Waals surface area (Å²) in [4.78, 5) is 20.7. The molecule has 0 atom stereocenters. The number of hydrazone groups is 1. The van der Waals surface area contributed by atoms with Gasteiger partial charge < -0.3 is 0 Å². The van der Waals surface area contributed by atoms with Gasteiger partial charge in [-0.2, -0.15) is 5.10 Å². The molecule has 2 rings (SSSR count). The van der Waals surface area contributed by atoms with E-state index in [1.807, 2.05) is 0 Å². The quantitative estimate of drug-likeness (QED) is 0.517. The van der Waals surface area contributed by atoms with E-state index in [4.69, 9.17) is 0 Å². The second kappa shape index (κ2) is 5.89. The van der Waals surface area contributed by atoms with Crippen molar-refractivity contribution in [2.75, 3.05) is 5.43 Å². The van der Waals surface area contributed by atoms with Crippen LogP contribution in [-0.2, 0) is 0 Å². The molecule has 0 spiro atoms. The van der Waals surface area contributed by atoms with Crippen molar-refractivity contribution < 1.29 is 9.85 Å². The van der Waals surface area contributed by atoms with Crippen LogP contribution in [0, 0.1) is 20.2 Å². The number of hydrogen-bond acceptors (Lipinski definition) is 7. The van der Waals surface area contributed by atoms with Crippen molar-refractivity contribution in [3.63, 3.8) is 0 Å². The number of nitrogens with zero attached hydrogens (tertiary/aromatic N) is 3. The molecule has 0 saturated carbocycles. The third kappa shape index (κ3) is 3.36. The summed E-state index contributed by atoms with van der Waals surface area (Å²) in [5.74, 6) is 0. The predicted molar refractivity (Wildman–Crippen MR) is 75.3 cm³/mol. The van der Waals surface area contributed by atoms with Gasteiger partial charge in [0.15, 0.2) is 0 Å². The van der Waals surface area contributed by atoms with Crippen molar-refractivity contribution in [1.29, 1.82) is 0 Å². The fourth-order valence-corrected chi connectivity index (χ4v) is 2.06. The minimum Gasteiger partial charge on any atom is -0.278 e. The highest BCUT2D eigenvalue weighted by Gasteiger charge is 2.08. The van der Waals surface area contributed by atoms with Gasteiger partial charge in [-0.05, 0) is 12.1 Å². The van der Waals surface area contributed by atoms with Crippen molar-refractivity contribution in [2.24, 2.45) is 5.10 Å². The standard InChI is InChI=1S/C11H8N4O4S/c16-14(17)9-3-1-2-8(6-9)13-12-7-10-4-5-11(20-10)15(18)19/h1-7,13H/b12-7-. The predicted octanol–water partition coefficient (Wildman–Crippen LogP) is 3.01. The maximum Gasteiger partial charge on any atom is 0.324 e. The molecule has 0 saturated heterocycles. The summed E-state index contributed by atoms with van der Waals surface area (Å²) in [7, 11) is 0. The molecule has 0 fully saturated rings. The van der Waals surface area contributed by atoms with Gasteiger partial charge in [0, 0.05) is 18.2 Å². The van der Waals surface area contributed by atoms with Crippen molar-refractivity contribution in [3.05, 3.63) is 61.5 Å². The largest absolute Gasteiger partial charge is 0.324 e. The normalized spacial score (nSPS) is 10.6. The van der Waals surface area contributed by atoms with E-state index in [1.54, 1.807) is 12.1 Å². The number of hydrogen-bond donors (Lipinski definition) is 1. The van der Waals surface area contributed by atoms with E-state index in [2.05, 4.69) is 10.5 Å².